The Bertz CT molecular complexity index is 440. The molecule has 1 aromatic carbocycles. The van der Waals surface area contributed by atoms with Crippen LogP contribution in [-0.2, 0) is 11.3 Å². The lowest BCUT2D eigenvalue weighted by Crippen LogP contribution is -2.37. The molecule has 1 aromatic rings. The number of nitrogens with two attached hydrogens (primary N) is 1. The average Bonchev–Trinajstić information content (AvgIpc) is 2.45. The number of nitrogens with one attached hydrogen (secondary N) is 1. The quantitative estimate of drug-likeness (QED) is 0.896. The fourth-order valence-corrected chi connectivity index (χ4v) is 2.58. The highest BCUT2D eigenvalue weighted by atomic mass is 35.5. The van der Waals surface area contributed by atoms with Crippen molar-refractivity contribution in [1.82, 2.24) is 5.32 Å². The van der Waals surface area contributed by atoms with Crippen molar-refractivity contribution in [2.24, 2.45) is 11.7 Å². The third kappa shape index (κ3) is 4.69. The van der Waals surface area contributed by atoms with Gasteiger partial charge in [-0.05, 0) is 37.0 Å². The highest BCUT2D eigenvalue weighted by Gasteiger charge is 2.24. The predicted molar refractivity (Wildman–Crippen MR) is 82.0 cm³/mol. The second-order valence-corrected chi connectivity index (χ2v) is 5.19. The van der Waals surface area contributed by atoms with Gasteiger partial charge in [-0.15, -0.1) is 12.4 Å². The van der Waals surface area contributed by atoms with Crippen LogP contribution in [0.3, 0.4) is 0 Å². The number of rotatable bonds is 4. The van der Waals surface area contributed by atoms with Crippen LogP contribution in [0.5, 0.6) is 5.75 Å². The topological polar surface area (TPSA) is 64.3 Å². The van der Waals surface area contributed by atoms with E-state index >= 15 is 0 Å². The molecule has 1 aliphatic rings. The number of hydrogen-bond donors (Lipinski definition) is 2. The van der Waals surface area contributed by atoms with Crippen molar-refractivity contribution in [3.63, 3.8) is 0 Å². The molecule has 1 amide bonds. The van der Waals surface area contributed by atoms with Crippen LogP contribution in [0, 0.1) is 5.92 Å². The molecule has 2 atom stereocenters. The maximum Gasteiger partial charge on any atom is 0.223 e. The Kier molecular flexibility index (Phi) is 6.82. The summed E-state index contributed by atoms with van der Waals surface area (Å²) in [7, 11) is 1.64. The monoisotopic (exact) mass is 298 g/mol. The van der Waals surface area contributed by atoms with E-state index in [9.17, 15) is 4.79 Å². The zero-order valence-corrected chi connectivity index (χ0v) is 12.6. The second kappa shape index (κ2) is 8.12. The molecule has 0 saturated heterocycles. The Morgan fingerprint density at radius 3 is 2.95 bits per heavy atom. The summed E-state index contributed by atoms with van der Waals surface area (Å²) in [6.07, 6.45) is 3.86. The van der Waals surface area contributed by atoms with Gasteiger partial charge in [0, 0.05) is 18.5 Å². The second-order valence-electron chi connectivity index (χ2n) is 5.19. The molecule has 0 aromatic heterocycles. The minimum Gasteiger partial charge on any atom is -0.497 e. The van der Waals surface area contributed by atoms with Gasteiger partial charge in [-0.25, -0.2) is 0 Å². The number of benzene rings is 1. The summed E-state index contributed by atoms with van der Waals surface area (Å²) < 4.78 is 5.16. The molecule has 2 rings (SSSR count). The van der Waals surface area contributed by atoms with E-state index in [1.165, 1.54) is 0 Å². The summed E-state index contributed by atoms with van der Waals surface area (Å²) in [6.45, 7) is 0.543. The Labute approximate surface area is 126 Å². The van der Waals surface area contributed by atoms with Gasteiger partial charge < -0.3 is 15.8 Å². The number of methoxy groups -OCH3 is 1. The molecule has 4 nitrogen and oxygen atoms in total. The zero-order chi connectivity index (χ0) is 13.7. The highest BCUT2D eigenvalue weighted by Crippen LogP contribution is 2.23. The van der Waals surface area contributed by atoms with E-state index in [4.69, 9.17) is 10.5 Å². The highest BCUT2D eigenvalue weighted by molar-refractivity contribution is 5.85. The lowest BCUT2D eigenvalue weighted by Gasteiger charge is -2.25. The van der Waals surface area contributed by atoms with Crippen molar-refractivity contribution in [2.45, 2.75) is 38.3 Å². The van der Waals surface area contributed by atoms with Crippen LogP contribution in [0.15, 0.2) is 24.3 Å². The normalized spacial score (nSPS) is 21.7. The first-order valence-corrected chi connectivity index (χ1v) is 6.85. The van der Waals surface area contributed by atoms with Crippen LogP contribution in [-0.4, -0.2) is 19.1 Å². The molecule has 1 saturated carbocycles. The standard InChI is InChI=1S/C15H22N2O2.ClH/c1-19-14-7-2-4-11(8-14)10-17-15(18)12-5-3-6-13(16)9-12;/h2,4,7-8,12-13H,3,5-6,9-10,16H2,1H3,(H,17,18);1H. The molecular weight excluding hydrogens is 276 g/mol. The number of carbonyl (C=O) groups excluding carboxylic acids is 1. The smallest absolute Gasteiger partial charge is 0.223 e. The number of carbonyl (C=O) groups is 1. The van der Waals surface area contributed by atoms with E-state index in [2.05, 4.69) is 5.32 Å². The Morgan fingerprint density at radius 2 is 2.25 bits per heavy atom. The SMILES string of the molecule is COc1cccc(CNC(=O)C2CCCC(N)C2)c1.Cl. The first kappa shape index (κ1) is 16.8. The molecule has 0 aliphatic heterocycles. The minimum atomic E-state index is 0. The summed E-state index contributed by atoms with van der Waals surface area (Å²) in [5.41, 5.74) is 6.96. The number of ether oxygens (including phenoxy) is 1. The van der Waals surface area contributed by atoms with Crippen molar-refractivity contribution in [1.29, 1.82) is 0 Å². The van der Waals surface area contributed by atoms with Crippen LogP contribution >= 0.6 is 12.4 Å². The number of halogens is 1. The third-order valence-electron chi connectivity index (χ3n) is 3.69. The lowest BCUT2D eigenvalue weighted by molar-refractivity contribution is -0.126. The Morgan fingerprint density at radius 1 is 1.45 bits per heavy atom. The van der Waals surface area contributed by atoms with Gasteiger partial charge in [-0.1, -0.05) is 18.6 Å². The zero-order valence-electron chi connectivity index (χ0n) is 11.8. The van der Waals surface area contributed by atoms with Crippen LogP contribution in [0.4, 0.5) is 0 Å². The van der Waals surface area contributed by atoms with E-state index in [0.717, 1.165) is 37.0 Å². The Balaban J connectivity index is 0.00000200. The molecule has 0 heterocycles. The molecule has 0 radical (unpaired) electrons. The maximum atomic E-state index is 12.1. The van der Waals surface area contributed by atoms with Crippen molar-refractivity contribution < 1.29 is 9.53 Å². The summed E-state index contributed by atoms with van der Waals surface area (Å²) >= 11 is 0. The van der Waals surface area contributed by atoms with Gasteiger partial charge in [0.05, 0.1) is 7.11 Å². The lowest BCUT2D eigenvalue weighted by atomic mass is 9.85. The van der Waals surface area contributed by atoms with Gasteiger partial charge in [-0.3, -0.25) is 4.79 Å². The van der Waals surface area contributed by atoms with Crippen molar-refractivity contribution in [2.75, 3.05) is 7.11 Å². The molecule has 3 N–H and O–H groups in total. The van der Waals surface area contributed by atoms with Gasteiger partial charge in [0.15, 0.2) is 0 Å². The molecule has 0 bridgehead atoms. The summed E-state index contributed by atoms with van der Waals surface area (Å²) in [6, 6.07) is 7.92. The van der Waals surface area contributed by atoms with Crippen molar-refractivity contribution >= 4 is 18.3 Å². The van der Waals surface area contributed by atoms with Gasteiger partial charge in [-0.2, -0.15) is 0 Å². The van der Waals surface area contributed by atoms with Gasteiger partial charge >= 0.3 is 0 Å². The predicted octanol–water partition coefficient (Wildman–Crippen LogP) is 2.25. The van der Waals surface area contributed by atoms with Crippen molar-refractivity contribution in [3.05, 3.63) is 29.8 Å². The van der Waals surface area contributed by atoms with E-state index in [1.54, 1.807) is 7.11 Å². The molecule has 112 valence electrons. The van der Waals surface area contributed by atoms with E-state index < -0.39 is 0 Å². The van der Waals surface area contributed by atoms with E-state index in [-0.39, 0.29) is 30.3 Å². The van der Waals surface area contributed by atoms with E-state index in [1.807, 2.05) is 24.3 Å². The summed E-state index contributed by atoms with van der Waals surface area (Å²) in [5.74, 6) is 1.01. The molecule has 20 heavy (non-hydrogen) atoms. The molecular formula is C15H23ClN2O2. The maximum absolute atomic E-state index is 12.1. The molecule has 2 unspecified atom stereocenters. The third-order valence-corrected chi connectivity index (χ3v) is 3.69. The van der Waals surface area contributed by atoms with Crippen LogP contribution in [0.2, 0.25) is 0 Å². The van der Waals surface area contributed by atoms with Crippen molar-refractivity contribution in [3.8, 4) is 5.75 Å². The fraction of sp³-hybridized carbons (Fsp3) is 0.533. The van der Waals surface area contributed by atoms with E-state index in [0.29, 0.717) is 6.54 Å². The van der Waals surface area contributed by atoms with Crippen LogP contribution < -0.4 is 15.8 Å². The molecule has 1 aliphatic carbocycles. The van der Waals surface area contributed by atoms with Gasteiger partial charge in [0.1, 0.15) is 5.75 Å². The van der Waals surface area contributed by atoms with Gasteiger partial charge in [0.2, 0.25) is 5.91 Å². The minimum absolute atomic E-state index is 0. The number of hydrogen-bond acceptors (Lipinski definition) is 3. The first-order valence-electron chi connectivity index (χ1n) is 6.85. The van der Waals surface area contributed by atoms with Gasteiger partial charge in [0.25, 0.3) is 0 Å². The fourth-order valence-electron chi connectivity index (χ4n) is 2.58. The average molecular weight is 299 g/mol. The summed E-state index contributed by atoms with van der Waals surface area (Å²) in [4.78, 5) is 12.1. The Hall–Kier alpha value is -1.26. The molecule has 1 fully saturated rings. The summed E-state index contributed by atoms with van der Waals surface area (Å²) in [5, 5.41) is 2.99. The molecule has 0 spiro atoms. The first-order chi connectivity index (χ1) is 9.19. The van der Waals surface area contributed by atoms with Crippen LogP contribution in [0.1, 0.15) is 31.2 Å². The molecule has 5 heteroatoms. The largest absolute Gasteiger partial charge is 0.497 e. The van der Waals surface area contributed by atoms with Crippen LogP contribution in [0.25, 0.3) is 0 Å². The number of amides is 1.